The van der Waals surface area contributed by atoms with E-state index in [1.54, 1.807) is 18.2 Å². The normalized spacial score (nSPS) is 13.8. The maximum atomic E-state index is 12.8. The third-order valence-corrected chi connectivity index (χ3v) is 4.86. The Hall–Kier alpha value is -3.73. The number of morpholine rings is 1. The Kier molecular flexibility index (Phi) is 5.94. The van der Waals surface area contributed by atoms with Gasteiger partial charge >= 0.3 is 0 Å². The van der Waals surface area contributed by atoms with E-state index in [1.807, 2.05) is 4.90 Å². The topological polar surface area (TPSA) is 121 Å². The number of rotatable bonds is 6. The average Bonchev–Trinajstić information content (AvgIpc) is 2.81. The van der Waals surface area contributed by atoms with E-state index in [2.05, 4.69) is 20.3 Å². The number of fused-ring (bicyclic) bond motifs is 1. The first-order valence-electron chi connectivity index (χ1n) is 9.66. The maximum Gasteiger partial charge on any atom is 0.264 e. The lowest BCUT2D eigenvalue weighted by atomic mass is 10.2. The number of hydrogen-bond donors (Lipinski definition) is 1. The number of hydrogen-bond acceptors (Lipinski definition) is 9. The lowest BCUT2D eigenvalue weighted by molar-refractivity contribution is -0.116. The number of ether oxygens (including phenoxy) is 3. The molecular weight excluding hydrogens is 404 g/mol. The molecule has 0 spiro atoms. The Morgan fingerprint density at radius 2 is 2.00 bits per heavy atom. The summed E-state index contributed by atoms with van der Waals surface area (Å²) in [5.41, 5.74) is 0.325. The van der Waals surface area contributed by atoms with Gasteiger partial charge in [-0.3, -0.25) is 14.2 Å². The maximum absolute atomic E-state index is 12.8. The Morgan fingerprint density at radius 1 is 1.19 bits per heavy atom. The van der Waals surface area contributed by atoms with Crippen molar-refractivity contribution in [2.45, 2.75) is 6.54 Å². The molecule has 0 saturated carbocycles. The monoisotopic (exact) mass is 426 g/mol. The van der Waals surface area contributed by atoms with Gasteiger partial charge in [0.05, 0.1) is 33.1 Å². The zero-order valence-electron chi connectivity index (χ0n) is 17.2. The van der Waals surface area contributed by atoms with Crippen molar-refractivity contribution in [3.05, 3.63) is 41.1 Å². The zero-order chi connectivity index (χ0) is 21.8. The summed E-state index contributed by atoms with van der Waals surface area (Å²) in [5, 5.41) is 2.97. The summed E-state index contributed by atoms with van der Waals surface area (Å²) >= 11 is 0. The minimum atomic E-state index is -0.416. The number of anilines is 2. The molecule has 0 unspecified atom stereocenters. The highest BCUT2D eigenvalue weighted by molar-refractivity contribution is 5.92. The van der Waals surface area contributed by atoms with E-state index >= 15 is 0 Å². The van der Waals surface area contributed by atoms with Crippen molar-refractivity contribution in [1.29, 1.82) is 0 Å². The predicted octanol–water partition coefficient (Wildman–Crippen LogP) is 0.679. The van der Waals surface area contributed by atoms with E-state index in [9.17, 15) is 9.59 Å². The summed E-state index contributed by atoms with van der Waals surface area (Å²) in [6.45, 7) is 2.33. The molecule has 1 aliphatic rings. The van der Waals surface area contributed by atoms with Crippen molar-refractivity contribution in [3.63, 3.8) is 0 Å². The van der Waals surface area contributed by atoms with E-state index in [0.29, 0.717) is 49.4 Å². The number of carbonyl (C=O) groups is 1. The van der Waals surface area contributed by atoms with Gasteiger partial charge in [0.15, 0.2) is 5.65 Å². The van der Waals surface area contributed by atoms with Crippen LogP contribution < -0.4 is 25.2 Å². The number of aromatic nitrogens is 4. The summed E-state index contributed by atoms with van der Waals surface area (Å²) in [6.07, 6.45) is 2.76. The number of nitrogens with one attached hydrogen (secondary N) is 1. The number of benzene rings is 1. The first kappa shape index (κ1) is 20.5. The Balaban J connectivity index is 1.54. The molecule has 1 N–H and O–H groups in total. The molecule has 2 aromatic heterocycles. The van der Waals surface area contributed by atoms with Gasteiger partial charge in [0.1, 0.15) is 29.8 Å². The van der Waals surface area contributed by atoms with Crippen LogP contribution in [0.3, 0.4) is 0 Å². The summed E-state index contributed by atoms with van der Waals surface area (Å²) < 4.78 is 17.0. The molecule has 0 bridgehead atoms. The Bertz CT molecular complexity index is 1160. The van der Waals surface area contributed by atoms with Gasteiger partial charge < -0.3 is 24.4 Å². The van der Waals surface area contributed by atoms with Gasteiger partial charge in [0, 0.05) is 25.4 Å². The van der Waals surface area contributed by atoms with Gasteiger partial charge in [0.25, 0.3) is 5.56 Å². The van der Waals surface area contributed by atoms with Crippen molar-refractivity contribution in [2.24, 2.45) is 0 Å². The molecule has 0 aliphatic carbocycles. The van der Waals surface area contributed by atoms with Crippen molar-refractivity contribution in [2.75, 3.05) is 50.7 Å². The van der Waals surface area contributed by atoms with Crippen LogP contribution in [0.1, 0.15) is 0 Å². The Morgan fingerprint density at radius 3 is 2.74 bits per heavy atom. The smallest absolute Gasteiger partial charge is 0.264 e. The van der Waals surface area contributed by atoms with Crippen LogP contribution in [0.15, 0.2) is 35.5 Å². The molecule has 1 aliphatic heterocycles. The quantitative estimate of drug-likeness (QED) is 0.606. The molecule has 11 nitrogen and oxygen atoms in total. The fraction of sp³-hybridized carbons (Fsp3) is 0.350. The molecule has 31 heavy (non-hydrogen) atoms. The molecule has 1 fully saturated rings. The molecule has 0 radical (unpaired) electrons. The highest BCUT2D eigenvalue weighted by atomic mass is 16.5. The molecule has 3 aromatic rings. The number of amides is 1. The van der Waals surface area contributed by atoms with Crippen molar-refractivity contribution < 1.29 is 19.0 Å². The second-order valence-corrected chi connectivity index (χ2v) is 6.80. The summed E-state index contributed by atoms with van der Waals surface area (Å²) in [5.74, 6) is 1.13. The van der Waals surface area contributed by atoms with Crippen LogP contribution >= 0.6 is 0 Å². The molecule has 3 heterocycles. The molecule has 1 saturated heterocycles. The molecule has 1 amide bonds. The van der Waals surface area contributed by atoms with Gasteiger partial charge in [-0.2, -0.15) is 4.98 Å². The van der Waals surface area contributed by atoms with Crippen LogP contribution in [0.4, 0.5) is 11.6 Å². The van der Waals surface area contributed by atoms with Gasteiger partial charge in [-0.15, -0.1) is 0 Å². The third kappa shape index (κ3) is 4.40. The fourth-order valence-electron chi connectivity index (χ4n) is 3.23. The minimum Gasteiger partial charge on any atom is -0.497 e. The van der Waals surface area contributed by atoms with Crippen LogP contribution in [0, 0.1) is 0 Å². The molecule has 4 rings (SSSR count). The number of carbonyl (C=O) groups excluding carboxylic acids is 1. The van der Waals surface area contributed by atoms with Crippen LogP contribution in [-0.4, -0.2) is 65.9 Å². The second-order valence-electron chi connectivity index (χ2n) is 6.80. The van der Waals surface area contributed by atoms with Crippen molar-refractivity contribution in [3.8, 4) is 11.5 Å². The average molecular weight is 426 g/mol. The van der Waals surface area contributed by atoms with Gasteiger partial charge in [-0.05, 0) is 12.1 Å². The molecule has 11 heteroatoms. The third-order valence-electron chi connectivity index (χ3n) is 4.86. The molecule has 0 atom stereocenters. The molecule has 162 valence electrons. The Labute approximate surface area is 177 Å². The lowest BCUT2D eigenvalue weighted by Crippen LogP contribution is -2.37. The van der Waals surface area contributed by atoms with E-state index in [0.717, 1.165) is 0 Å². The first-order valence-corrected chi connectivity index (χ1v) is 9.66. The van der Waals surface area contributed by atoms with Crippen LogP contribution in [-0.2, 0) is 16.1 Å². The fourth-order valence-corrected chi connectivity index (χ4v) is 3.23. The van der Waals surface area contributed by atoms with Crippen molar-refractivity contribution >= 4 is 28.6 Å². The van der Waals surface area contributed by atoms with Crippen LogP contribution in [0.5, 0.6) is 11.5 Å². The highest BCUT2D eigenvalue weighted by Gasteiger charge is 2.17. The van der Waals surface area contributed by atoms with Crippen LogP contribution in [0.25, 0.3) is 11.0 Å². The number of nitrogens with zero attached hydrogens (tertiary/aromatic N) is 5. The molecular formula is C20H22N6O5. The molecule has 1 aromatic carbocycles. The SMILES string of the molecule is COc1ccc(OC)c(NC(=O)Cn2cnc3nc(N4CCOCC4)ncc3c2=O)c1. The van der Waals surface area contributed by atoms with Gasteiger partial charge in [-0.1, -0.05) is 0 Å². The zero-order valence-corrected chi connectivity index (χ0v) is 17.2. The summed E-state index contributed by atoms with van der Waals surface area (Å²) in [7, 11) is 3.03. The largest absolute Gasteiger partial charge is 0.497 e. The van der Waals surface area contributed by atoms with E-state index < -0.39 is 11.5 Å². The summed E-state index contributed by atoms with van der Waals surface area (Å²) in [6, 6.07) is 5.04. The van der Waals surface area contributed by atoms with Gasteiger partial charge in [-0.25, -0.2) is 9.97 Å². The minimum absolute atomic E-state index is 0.229. The van der Waals surface area contributed by atoms with Crippen LogP contribution in [0.2, 0.25) is 0 Å². The lowest BCUT2D eigenvalue weighted by Gasteiger charge is -2.26. The first-order chi connectivity index (χ1) is 15.1. The van der Waals surface area contributed by atoms with E-state index in [4.69, 9.17) is 14.2 Å². The van der Waals surface area contributed by atoms with E-state index in [-0.39, 0.29) is 17.6 Å². The highest BCUT2D eigenvalue weighted by Crippen LogP contribution is 2.28. The predicted molar refractivity (Wildman–Crippen MR) is 113 cm³/mol. The second kappa shape index (κ2) is 8.96. The van der Waals surface area contributed by atoms with Crippen molar-refractivity contribution in [1.82, 2.24) is 19.5 Å². The number of methoxy groups -OCH3 is 2. The summed E-state index contributed by atoms with van der Waals surface area (Å²) in [4.78, 5) is 40.3. The van der Waals surface area contributed by atoms with E-state index in [1.165, 1.54) is 31.3 Å². The standard InChI is InChI=1S/C20H22N6O5/c1-29-13-3-4-16(30-2)15(9-13)23-17(27)11-26-12-22-18-14(19(26)28)10-21-20(24-18)25-5-7-31-8-6-25/h3-4,9-10,12H,5-8,11H2,1-2H3,(H,23,27). The van der Waals surface area contributed by atoms with Gasteiger partial charge in [0.2, 0.25) is 11.9 Å².